The normalized spacial score (nSPS) is 12.7. The molecule has 0 aliphatic rings. The Kier molecular flexibility index (Phi) is 5.27. The summed E-state index contributed by atoms with van der Waals surface area (Å²) in [6.45, 7) is 1.47. The van der Waals surface area contributed by atoms with E-state index in [9.17, 15) is 22.8 Å². The molecule has 0 fully saturated rings. The summed E-state index contributed by atoms with van der Waals surface area (Å²) in [6.07, 6.45) is -4.70. The van der Waals surface area contributed by atoms with Crippen LogP contribution in [0.15, 0.2) is 29.3 Å². The average molecular weight is 358 g/mol. The number of hydrogen-bond donors (Lipinski definition) is 2. The maximum atomic E-state index is 12.9. The molecule has 128 valence electrons. The van der Waals surface area contributed by atoms with Crippen LogP contribution in [0.1, 0.15) is 12.7 Å². The number of rotatable bonds is 3. The van der Waals surface area contributed by atoms with E-state index in [2.05, 4.69) is 20.6 Å². The molecule has 24 heavy (non-hydrogen) atoms. The summed E-state index contributed by atoms with van der Waals surface area (Å²) in [7, 11) is 1.34. The van der Waals surface area contributed by atoms with Gasteiger partial charge >= 0.3 is 12.2 Å². The highest BCUT2D eigenvalue weighted by Crippen LogP contribution is 2.33. The molecule has 1 atom stereocenters. The number of fused-ring (bicyclic) bond motifs is 1. The summed E-state index contributed by atoms with van der Waals surface area (Å²) >= 11 is 0.821. The lowest BCUT2D eigenvalue weighted by atomic mass is 10.2. The van der Waals surface area contributed by atoms with E-state index in [-0.39, 0.29) is 10.5 Å². The van der Waals surface area contributed by atoms with Gasteiger partial charge in [0.2, 0.25) is 11.7 Å². The van der Waals surface area contributed by atoms with Crippen molar-refractivity contribution in [3.8, 4) is 0 Å². The molecular weight excluding hydrogens is 345 g/mol. The molecule has 2 N–H and O–H groups in total. The number of nitrogens with zero attached hydrogens (tertiary/aromatic N) is 2. The van der Waals surface area contributed by atoms with Crippen LogP contribution in [0, 0.1) is 0 Å². The molecule has 0 bridgehead atoms. The van der Waals surface area contributed by atoms with Crippen molar-refractivity contribution >= 4 is 34.6 Å². The first-order chi connectivity index (χ1) is 11.2. The van der Waals surface area contributed by atoms with Crippen molar-refractivity contribution in [2.75, 3.05) is 7.05 Å². The zero-order chi connectivity index (χ0) is 17.9. The zero-order valence-electron chi connectivity index (χ0n) is 12.6. The smallest absolute Gasteiger partial charge is 0.341 e. The topological polar surface area (TPSA) is 84.0 Å². The molecular formula is C14H13F3N4O2S. The number of carbonyl (C=O) groups excluding carboxylic acids is 2. The van der Waals surface area contributed by atoms with E-state index < -0.39 is 29.2 Å². The van der Waals surface area contributed by atoms with E-state index in [0.29, 0.717) is 5.39 Å². The van der Waals surface area contributed by atoms with Crippen molar-refractivity contribution < 1.29 is 22.8 Å². The van der Waals surface area contributed by atoms with Crippen molar-refractivity contribution in [3.05, 3.63) is 30.1 Å². The molecule has 2 rings (SSSR count). The molecule has 0 aliphatic heterocycles. The number of hydrogen-bond acceptors (Lipinski definition) is 5. The van der Waals surface area contributed by atoms with Gasteiger partial charge in [0.05, 0.1) is 10.8 Å². The molecule has 2 aromatic rings. The molecule has 1 unspecified atom stereocenters. The fourth-order valence-electron chi connectivity index (χ4n) is 1.76. The number of carbonyl (C=O) groups is 2. The Bertz CT molecular complexity index is 782. The minimum atomic E-state index is -4.70. The van der Waals surface area contributed by atoms with Gasteiger partial charge in [-0.2, -0.15) is 13.2 Å². The van der Waals surface area contributed by atoms with Gasteiger partial charge in [0.15, 0.2) is 0 Å². The largest absolute Gasteiger partial charge is 0.451 e. The summed E-state index contributed by atoms with van der Waals surface area (Å²) in [5.41, 5.74) is 0.126. The van der Waals surface area contributed by atoms with Crippen LogP contribution in [0.2, 0.25) is 0 Å². The second-order valence-corrected chi connectivity index (χ2v) is 6.03. The average Bonchev–Trinajstić information content (AvgIpc) is 2.53. The molecule has 6 nitrogen and oxygen atoms in total. The maximum absolute atomic E-state index is 12.9. The summed E-state index contributed by atoms with van der Waals surface area (Å²) in [5.74, 6) is -1.92. The minimum absolute atomic E-state index is 0.0208. The Morgan fingerprint density at radius 3 is 2.50 bits per heavy atom. The summed E-state index contributed by atoms with van der Waals surface area (Å²) in [6, 6.07) is 5.51. The van der Waals surface area contributed by atoms with E-state index in [1.807, 2.05) is 0 Å². The molecule has 0 aliphatic carbocycles. The van der Waals surface area contributed by atoms with Gasteiger partial charge in [-0.25, -0.2) is 14.8 Å². The fourth-order valence-corrected chi connectivity index (χ4v) is 2.70. The van der Waals surface area contributed by atoms with Crippen molar-refractivity contribution in [1.29, 1.82) is 0 Å². The standard InChI is InChI=1S/C14H13F3N4O2S/c1-7(10(22)20-13(23)18-2)24-11-8-5-3-4-6-9(8)19-12(21-11)14(15,16)17/h3-7H,1-2H3,(H2,18,20,22,23). The number of urea groups is 1. The van der Waals surface area contributed by atoms with Crippen LogP contribution in [0.3, 0.4) is 0 Å². The Labute approximate surface area is 139 Å². The third-order valence-corrected chi connectivity index (χ3v) is 4.05. The summed E-state index contributed by atoms with van der Waals surface area (Å²) in [4.78, 5) is 30.1. The molecule has 10 heteroatoms. The number of halogens is 3. The second kappa shape index (κ2) is 7.04. The van der Waals surface area contributed by atoms with E-state index in [1.165, 1.54) is 20.0 Å². The van der Waals surface area contributed by atoms with Gasteiger partial charge in [0.25, 0.3) is 0 Å². The number of aromatic nitrogens is 2. The number of amides is 3. The van der Waals surface area contributed by atoms with Crippen LogP contribution in [-0.4, -0.2) is 34.2 Å². The van der Waals surface area contributed by atoms with E-state index >= 15 is 0 Å². The van der Waals surface area contributed by atoms with Crippen molar-refractivity contribution in [1.82, 2.24) is 20.6 Å². The van der Waals surface area contributed by atoms with Crippen LogP contribution in [-0.2, 0) is 11.0 Å². The lowest BCUT2D eigenvalue weighted by Gasteiger charge is -2.13. The van der Waals surface area contributed by atoms with Gasteiger partial charge in [0.1, 0.15) is 5.03 Å². The van der Waals surface area contributed by atoms with Crippen molar-refractivity contribution in [2.24, 2.45) is 0 Å². The molecule has 0 radical (unpaired) electrons. The first-order valence-corrected chi connectivity index (χ1v) is 7.63. The zero-order valence-corrected chi connectivity index (χ0v) is 13.5. The number of benzene rings is 1. The summed E-state index contributed by atoms with van der Waals surface area (Å²) < 4.78 is 38.8. The third kappa shape index (κ3) is 4.13. The SMILES string of the molecule is CNC(=O)NC(=O)C(C)Sc1nc(C(F)(F)F)nc2ccccc12. The van der Waals surface area contributed by atoms with Gasteiger partial charge in [0, 0.05) is 12.4 Å². The lowest BCUT2D eigenvalue weighted by Crippen LogP contribution is -2.41. The van der Waals surface area contributed by atoms with Crippen LogP contribution < -0.4 is 10.6 Å². The summed E-state index contributed by atoms with van der Waals surface area (Å²) in [5, 5.41) is 3.87. The van der Waals surface area contributed by atoms with Gasteiger partial charge < -0.3 is 5.32 Å². The number of imide groups is 1. The highest BCUT2D eigenvalue weighted by molar-refractivity contribution is 8.00. The Hall–Kier alpha value is -2.36. The van der Waals surface area contributed by atoms with Gasteiger partial charge in [-0.3, -0.25) is 10.1 Å². The maximum Gasteiger partial charge on any atom is 0.451 e. The van der Waals surface area contributed by atoms with Crippen molar-refractivity contribution in [2.45, 2.75) is 23.4 Å². The fraction of sp³-hybridized carbons (Fsp3) is 0.286. The molecule has 0 saturated carbocycles. The van der Waals surface area contributed by atoms with Crippen LogP contribution in [0.5, 0.6) is 0 Å². The highest BCUT2D eigenvalue weighted by atomic mass is 32.2. The predicted molar refractivity (Wildman–Crippen MR) is 82.5 cm³/mol. The number of para-hydroxylation sites is 1. The predicted octanol–water partition coefficient (Wildman–Crippen LogP) is 2.58. The Morgan fingerprint density at radius 2 is 1.88 bits per heavy atom. The quantitative estimate of drug-likeness (QED) is 0.651. The molecule has 1 aromatic carbocycles. The van der Waals surface area contributed by atoms with Gasteiger partial charge in [-0.1, -0.05) is 30.0 Å². The second-order valence-electron chi connectivity index (χ2n) is 4.70. The molecule has 1 heterocycles. The number of nitrogens with one attached hydrogen (secondary N) is 2. The van der Waals surface area contributed by atoms with Crippen LogP contribution >= 0.6 is 11.8 Å². The lowest BCUT2D eigenvalue weighted by molar-refractivity contribution is -0.145. The monoisotopic (exact) mass is 358 g/mol. The van der Waals surface area contributed by atoms with Crippen LogP contribution in [0.4, 0.5) is 18.0 Å². The Balaban J connectivity index is 2.36. The first-order valence-electron chi connectivity index (χ1n) is 6.75. The molecule has 0 saturated heterocycles. The molecule has 1 aromatic heterocycles. The Morgan fingerprint density at radius 1 is 1.21 bits per heavy atom. The van der Waals surface area contributed by atoms with Gasteiger partial charge in [-0.15, -0.1) is 0 Å². The van der Waals surface area contributed by atoms with E-state index in [4.69, 9.17) is 0 Å². The van der Waals surface area contributed by atoms with Crippen LogP contribution in [0.25, 0.3) is 10.9 Å². The van der Waals surface area contributed by atoms with Crippen molar-refractivity contribution in [3.63, 3.8) is 0 Å². The highest BCUT2D eigenvalue weighted by Gasteiger charge is 2.36. The third-order valence-electron chi connectivity index (χ3n) is 2.94. The van der Waals surface area contributed by atoms with Gasteiger partial charge in [-0.05, 0) is 13.0 Å². The van der Waals surface area contributed by atoms with E-state index in [1.54, 1.807) is 18.2 Å². The number of alkyl halides is 3. The molecule has 0 spiro atoms. The first kappa shape index (κ1) is 18.0. The number of thioether (sulfide) groups is 1. The minimum Gasteiger partial charge on any atom is -0.341 e. The van der Waals surface area contributed by atoms with E-state index in [0.717, 1.165) is 11.8 Å². The molecule has 3 amide bonds.